The highest BCUT2D eigenvalue weighted by Crippen LogP contribution is 2.20. The summed E-state index contributed by atoms with van der Waals surface area (Å²) in [4.78, 5) is 14.0. The first-order chi connectivity index (χ1) is 7.48. The van der Waals surface area contributed by atoms with E-state index in [1.807, 2.05) is 41.8 Å². The molecule has 2 rings (SSSR count). The molecule has 1 aromatic heterocycles. The number of nitrogens with zero attached hydrogens (tertiary/aromatic N) is 2. The first-order valence-electron chi connectivity index (χ1n) is 5.57. The number of ketones is 1. The lowest BCUT2D eigenvalue weighted by molar-refractivity contribution is 0.0668. The summed E-state index contributed by atoms with van der Waals surface area (Å²) in [6.45, 7) is 3.60. The van der Waals surface area contributed by atoms with Gasteiger partial charge in [-0.1, -0.05) is 0 Å². The number of aliphatic hydroxyl groups is 1. The van der Waals surface area contributed by atoms with Crippen molar-refractivity contribution in [3.05, 3.63) is 24.0 Å². The Kier molecular flexibility index (Phi) is 2.86. The van der Waals surface area contributed by atoms with Crippen molar-refractivity contribution in [2.24, 2.45) is 7.05 Å². The summed E-state index contributed by atoms with van der Waals surface area (Å²) in [5.74, 6) is 0.116. The van der Waals surface area contributed by atoms with Crippen LogP contribution in [0.3, 0.4) is 0 Å². The molecule has 1 saturated heterocycles. The molecule has 0 saturated carbocycles. The van der Waals surface area contributed by atoms with Gasteiger partial charge in [-0.2, -0.15) is 0 Å². The highest BCUT2D eigenvalue weighted by atomic mass is 16.3. The fourth-order valence-electron chi connectivity index (χ4n) is 2.21. The summed E-state index contributed by atoms with van der Waals surface area (Å²) < 4.78 is 1.83. The summed E-state index contributed by atoms with van der Waals surface area (Å²) in [6.07, 6.45) is 2.61. The third kappa shape index (κ3) is 2.33. The molecule has 0 spiro atoms. The molecule has 4 heteroatoms. The number of likely N-dealkylation sites (tertiary alicyclic amines) is 1. The summed E-state index contributed by atoms with van der Waals surface area (Å²) in [6, 6.07) is 3.70. The van der Waals surface area contributed by atoms with Crippen LogP contribution in [0, 0.1) is 0 Å². The van der Waals surface area contributed by atoms with E-state index in [1.165, 1.54) is 0 Å². The number of rotatable bonds is 3. The number of β-amino-alcohol motifs (C(OH)–C–C–N with tert-alkyl or cyclic N) is 1. The van der Waals surface area contributed by atoms with Crippen molar-refractivity contribution >= 4 is 5.78 Å². The van der Waals surface area contributed by atoms with E-state index >= 15 is 0 Å². The quantitative estimate of drug-likeness (QED) is 0.764. The topological polar surface area (TPSA) is 45.5 Å². The third-order valence-electron chi connectivity index (χ3n) is 3.13. The van der Waals surface area contributed by atoms with Crippen LogP contribution in [0.4, 0.5) is 0 Å². The fourth-order valence-corrected chi connectivity index (χ4v) is 2.21. The Hall–Kier alpha value is -1.13. The molecule has 0 amide bonds. The van der Waals surface area contributed by atoms with Crippen LogP contribution in [0.5, 0.6) is 0 Å². The van der Waals surface area contributed by atoms with Crippen LogP contribution < -0.4 is 0 Å². The number of aromatic nitrogens is 1. The predicted molar refractivity (Wildman–Crippen MR) is 61.4 cm³/mol. The Labute approximate surface area is 95.5 Å². The molecule has 88 valence electrons. The van der Waals surface area contributed by atoms with Crippen LogP contribution >= 0.6 is 0 Å². The largest absolute Gasteiger partial charge is 0.389 e. The van der Waals surface area contributed by atoms with Crippen LogP contribution in [0.2, 0.25) is 0 Å². The SMILES string of the molecule is Cn1cccc1C(=O)CN1CCC(C)(O)C1. The maximum absolute atomic E-state index is 11.9. The van der Waals surface area contributed by atoms with Gasteiger partial charge in [-0.15, -0.1) is 0 Å². The van der Waals surface area contributed by atoms with Crippen molar-refractivity contribution in [1.82, 2.24) is 9.47 Å². The minimum Gasteiger partial charge on any atom is -0.389 e. The highest BCUT2D eigenvalue weighted by Gasteiger charge is 2.32. The average molecular weight is 222 g/mol. The first-order valence-corrected chi connectivity index (χ1v) is 5.57. The zero-order valence-electron chi connectivity index (χ0n) is 9.81. The van der Waals surface area contributed by atoms with E-state index in [9.17, 15) is 9.90 Å². The highest BCUT2D eigenvalue weighted by molar-refractivity contribution is 5.96. The number of aryl methyl sites for hydroxylation is 1. The van der Waals surface area contributed by atoms with Gasteiger partial charge in [-0.05, 0) is 25.5 Å². The van der Waals surface area contributed by atoms with Gasteiger partial charge in [0.1, 0.15) is 0 Å². The second kappa shape index (κ2) is 4.03. The molecule has 2 heterocycles. The van der Waals surface area contributed by atoms with Gasteiger partial charge in [0, 0.05) is 26.3 Å². The van der Waals surface area contributed by atoms with Crippen molar-refractivity contribution in [2.45, 2.75) is 18.9 Å². The molecule has 1 aliphatic heterocycles. The zero-order valence-corrected chi connectivity index (χ0v) is 9.81. The number of carbonyl (C=O) groups excluding carboxylic acids is 1. The van der Waals surface area contributed by atoms with Crippen molar-refractivity contribution in [1.29, 1.82) is 0 Å². The summed E-state index contributed by atoms with van der Waals surface area (Å²) in [7, 11) is 1.87. The molecule has 4 nitrogen and oxygen atoms in total. The van der Waals surface area contributed by atoms with E-state index in [4.69, 9.17) is 0 Å². The van der Waals surface area contributed by atoms with Crippen LogP contribution in [0.1, 0.15) is 23.8 Å². The van der Waals surface area contributed by atoms with Crippen LogP contribution in [0.15, 0.2) is 18.3 Å². The average Bonchev–Trinajstić information content (AvgIpc) is 2.72. The van der Waals surface area contributed by atoms with Crippen molar-refractivity contribution in [3.8, 4) is 0 Å². The Morgan fingerprint density at radius 1 is 1.62 bits per heavy atom. The molecule has 1 aliphatic rings. The zero-order chi connectivity index (χ0) is 11.8. The van der Waals surface area contributed by atoms with Crippen LogP contribution in [0.25, 0.3) is 0 Å². The molecular formula is C12H18N2O2. The van der Waals surface area contributed by atoms with E-state index < -0.39 is 5.60 Å². The minimum atomic E-state index is -0.630. The van der Waals surface area contributed by atoms with Crippen molar-refractivity contribution in [2.75, 3.05) is 19.6 Å². The molecule has 1 aromatic rings. The molecule has 0 aromatic carbocycles. The second-order valence-electron chi connectivity index (χ2n) is 4.89. The summed E-state index contributed by atoms with van der Waals surface area (Å²) >= 11 is 0. The number of carbonyl (C=O) groups is 1. The Morgan fingerprint density at radius 3 is 2.88 bits per heavy atom. The summed E-state index contributed by atoms with van der Waals surface area (Å²) in [5, 5.41) is 9.80. The fraction of sp³-hybridized carbons (Fsp3) is 0.583. The number of hydrogen-bond donors (Lipinski definition) is 1. The molecule has 0 bridgehead atoms. The van der Waals surface area contributed by atoms with Gasteiger partial charge >= 0.3 is 0 Å². The lowest BCUT2D eigenvalue weighted by atomic mass is 10.1. The molecule has 0 radical (unpaired) electrons. The van der Waals surface area contributed by atoms with Crippen molar-refractivity contribution in [3.63, 3.8) is 0 Å². The van der Waals surface area contributed by atoms with Crippen LogP contribution in [-0.2, 0) is 7.05 Å². The molecular weight excluding hydrogens is 204 g/mol. The lowest BCUT2D eigenvalue weighted by Gasteiger charge is -2.18. The van der Waals surface area contributed by atoms with Crippen molar-refractivity contribution < 1.29 is 9.90 Å². The molecule has 1 N–H and O–H groups in total. The molecule has 16 heavy (non-hydrogen) atoms. The van der Waals surface area contributed by atoms with Gasteiger partial charge in [0.2, 0.25) is 0 Å². The van der Waals surface area contributed by atoms with E-state index in [1.54, 1.807) is 0 Å². The standard InChI is InChI=1S/C12H18N2O2/c1-12(16)5-7-14(9-12)8-11(15)10-4-3-6-13(10)2/h3-4,6,16H,5,7-9H2,1-2H3. The van der Waals surface area contributed by atoms with E-state index in [0.29, 0.717) is 13.1 Å². The smallest absolute Gasteiger partial charge is 0.193 e. The maximum atomic E-state index is 11.9. The predicted octanol–water partition coefficient (Wildman–Crippen LogP) is 0.664. The van der Waals surface area contributed by atoms with E-state index in [-0.39, 0.29) is 5.78 Å². The minimum absolute atomic E-state index is 0.116. The second-order valence-corrected chi connectivity index (χ2v) is 4.89. The number of hydrogen-bond acceptors (Lipinski definition) is 3. The Morgan fingerprint density at radius 2 is 2.38 bits per heavy atom. The monoisotopic (exact) mass is 222 g/mol. The van der Waals surface area contributed by atoms with E-state index in [2.05, 4.69) is 0 Å². The Balaban J connectivity index is 1.97. The van der Waals surface area contributed by atoms with Gasteiger partial charge in [-0.25, -0.2) is 0 Å². The first kappa shape index (κ1) is 11.4. The van der Waals surface area contributed by atoms with Gasteiger partial charge in [-0.3, -0.25) is 9.69 Å². The Bertz CT molecular complexity index is 395. The molecule has 1 atom stereocenters. The van der Waals surface area contributed by atoms with Gasteiger partial charge in [0.25, 0.3) is 0 Å². The van der Waals surface area contributed by atoms with Crippen LogP contribution in [-0.4, -0.2) is 45.6 Å². The molecule has 0 aliphatic carbocycles. The number of Topliss-reactive ketones (excluding diaryl/α,β-unsaturated/α-hetero) is 1. The maximum Gasteiger partial charge on any atom is 0.193 e. The lowest BCUT2D eigenvalue weighted by Crippen LogP contribution is -2.33. The van der Waals surface area contributed by atoms with E-state index in [0.717, 1.165) is 18.7 Å². The third-order valence-corrected chi connectivity index (χ3v) is 3.13. The van der Waals surface area contributed by atoms with Gasteiger partial charge in [0.15, 0.2) is 5.78 Å². The van der Waals surface area contributed by atoms with Gasteiger partial charge < -0.3 is 9.67 Å². The normalized spacial score (nSPS) is 26.2. The summed E-state index contributed by atoms with van der Waals surface area (Å²) in [5.41, 5.74) is 0.0978. The molecule has 1 fully saturated rings. The molecule has 1 unspecified atom stereocenters. The van der Waals surface area contributed by atoms with Gasteiger partial charge in [0.05, 0.1) is 17.8 Å².